The van der Waals surface area contributed by atoms with Crippen molar-refractivity contribution < 1.29 is 4.42 Å². The maximum absolute atomic E-state index is 6.13. The van der Waals surface area contributed by atoms with Crippen LogP contribution in [0, 0.1) is 0 Å². The minimum absolute atomic E-state index is 0.245. The normalized spacial score (nSPS) is 22.8. The second-order valence-corrected chi connectivity index (χ2v) is 5.18. The van der Waals surface area contributed by atoms with Crippen LogP contribution in [0.25, 0.3) is 11.3 Å². The monoisotopic (exact) mass is 267 g/mol. The Morgan fingerprint density at radius 3 is 2.59 bits per heavy atom. The first kappa shape index (κ1) is 11.1. The second-order valence-electron chi connectivity index (χ2n) is 4.33. The van der Waals surface area contributed by atoms with Gasteiger partial charge in [0.1, 0.15) is 11.5 Å². The van der Waals surface area contributed by atoms with Crippen LogP contribution in [0.5, 0.6) is 0 Å². The topological polar surface area (TPSA) is 39.2 Å². The molecule has 4 heteroatoms. The van der Waals surface area contributed by atoms with Gasteiger partial charge in [-0.25, -0.2) is 0 Å². The van der Waals surface area contributed by atoms with Gasteiger partial charge in [-0.2, -0.15) is 0 Å². The molecule has 1 aliphatic carbocycles. The van der Waals surface area contributed by atoms with Crippen LogP contribution in [0.2, 0.25) is 10.0 Å². The van der Waals surface area contributed by atoms with Crippen LogP contribution in [0.15, 0.2) is 34.7 Å². The number of hydrogen-bond acceptors (Lipinski definition) is 2. The minimum Gasteiger partial charge on any atom is -0.461 e. The molecule has 2 atom stereocenters. The van der Waals surface area contributed by atoms with Gasteiger partial charge < -0.3 is 10.2 Å². The Kier molecular flexibility index (Phi) is 2.66. The van der Waals surface area contributed by atoms with Gasteiger partial charge >= 0.3 is 0 Å². The molecule has 1 heterocycles. The highest BCUT2D eigenvalue weighted by Crippen LogP contribution is 2.42. The van der Waals surface area contributed by atoms with Crippen LogP contribution in [-0.2, 0) is 0 Å². The van der Waals surface area contributed by atoms with E-state index < -0.39 is 0 Å². The Morgan fingerprint density at radius 1 is 1.18 bits per heavy atom. The average molecular weight is 268 g/mol. The zero-order valence-electron chi connectivity index (χ0n) is 8.99. The van der Waals surface area contributed by atoms with E-state index in [1.807, 2.05) is 18.2 Å². The summed E-state index contributed by atoms with van der Waals surface area (Å²) in [6.07, 6.45) is 1.00. The highest BCUT2D eigenvalue weighted by atomic mass is 35.5. The summed E-state index contributed by atoms with van der Waals surface area (Å²) in [6.45, 7) is 0. The molecule has 2 N–H and O–H groups in total. The van der Waals surface area contributed by atoms with E-state index in [1.54, 1.807) is 12.1 Å². The highest BCUT2D eigenvalue weighted by molar-refractivity contribution is 6.36. The third-order valence-corrected chi connectivity index (χ3v) is 3.58. The number of halogens is 2. The molecule has 0 radical (unpaired) electrons. The molecule has 2 aromatic rings. The quantitative estimate of drug-likeness (QED) is 0.891. The summed E-state index contributed by atoms with van der Waals surface area (Å²) < 4.78 is 5.78. The fourth-order valence-electron chi connectivity index (χ4n) is 1.93. The molecule has 1 aromatic heterocycles. The van der Waals surface area contributed by atoms with Gasteiger partial charge in [0.25, 0.3) is 0 Å². The fourth-order valence-corrected chi connectivity index (χ4v) is 2.43. The number of benzene rings is 1. The zero-order chi connectivity index (χ0) is 12.0. The Balaban J connectivity index is 1.95. The lowest BCUT2D eigenvalue weighted by Crippen LogP contribution is -2.00. The molecule has 0 unspecified atom stereocenters. The van der Waals surface area contributed by atoms with Gasteiger partial charge in [-0.1, -0.05) is 23.2 Å². The third-order valence-electron chi connectivity index (χ3n) is 3.03. The molecular formula is C13H11Cl2NO. The molecule has 0 aliphatic heterocycles. The van der Waals surface area contributed by atoms with Gasteiger partial charge in [-0.05, 0) is 36.8 Å². The van der Waals surface area contributed by atoms with Gasteiger partial charge in [-0.15, -0.1) is 0 Å². The largest absolute Gasteiger partial charge is 0.461 e. The number of rotatable bonds is 2. The van der Waals surface area contributed by atoms with Crippen LogP contribution < -0.4 is 5.73 Å². The molecule has 0 spiro atoms. The lowest BCUT2D eigenvalue weighted by Gasteiger charge is -2.01. The van der Waals surface area contributed by atoms with E-state index in [9.17, 15) is 0 Å². The summed E-state index contributed by atoms with van der Waals surface area (Å²) in [5.41, 5.74) is 6.65. The van der Waals surface area contributed by atoms with Crippen molar-refractivity contribution in [3.05, 3.63) is 46.1 Å². The highest BCUT2D eigenvalue weighted by Gasteiger charge is 2.37. The molecule has 88 valence electrons. The summed E-state index contributed by atoms with van der Waals surface area (Å²) in [5, 5.41) is 1.22. The molecular weight excluding hydrogens is 257 g/mol. The molecule has 2 nitrogen and oxygen atoms in total. The second kappa shape index (κ2) is 4.05. The van der Waals surface area contributed by atoms with Gasteiger partial charge in [-0.3, -0.25) is 0 Å². The zero-order valence-corrected chi connectivity index (χ0v) is 10.5. The summed E-state index contributed by atoms with van der Waals surface area (Å²) in [6, 6.07) is 9.51. The average Bonchev–Trinajstić information content (AvgIpc) is 2.83. The molecule has 17 heavy (non-hydrogen) atoms. The Labute approximate surface area is 109 Å². The first-order valence-corrected chi connectivity index (χ1v) is 6.21. The Bertz CT molecular complexity index is 564. The van der Waals surface area contributed by atoms with Crippen molar-refractivity contribution in [2.75, 3.05) is 0 Å². The fraction of sp³-hybridized carbons (Fsp3) is 0.231. The van der Waals surface area contributed by atoms with E-state index in [0.29, 0.717) is 16.0 Å². The smallest absolute Gasteiger partial charge is 0.135 e. The van der Waals surface area contributed by atoms with Crippen LogP contribution in [-0.4, -0.2) is 6.04 Å². The van der Waals surface area contributed by atoms with Crippen LogP contribution >= 0.6 is 23.2 Å². The predicted molar refractivity (Wildman–Crippen MR) is 69.5 cm³/mol. The van der Waals surface area contributed by atoms with Gasteiger partial charge in [0.2, 0.25) is 0 Å². The predicted octanol–water partition coefficient (Wildman–Crippen LogP) is 4.07. The molecule has 0 amide bonds. The van der Waals surface area contributed by atoms with Crippen LogP contribution in [0.3, 0.4) is 0 Å². The van der Waals surface area contributed by atoms with Crippen molar-refractivity contribution >= 4 is 23.2 Å². The summed E-state index contributed by atoms with van der Waals surface area (Å²) in [5.74, 6) is 2.08. The van der Waals surface area contributed by atoms with E-state index in [4.69, 9.17) is 33.4 Å². The Morgan fingerprint density at radius 2 is 1.94 bits per heavy atom. The molecule has 1 aromatic carbocycles. The van der Waals surface area contributed by atoms with Gasteiger partial charge in [0.15, 0.2) is 0 Å². The molecule has 3 rings (SSSR count). The first-order valence-electron chi connectivity index (χ1n) is 5.46. The number of furan rings is 1. The standard InChI is InChI=1S/C13H11Cl2NO/c14-7-1-2-8(10(15)5-7)12-3-4-13(17-12)9-6-11(9)16/h1-5,9,11H,6,16H2/t9-,11-/m1/s1. The van der Waals surface area contributed by atoms with E-state index in [0.717, 1.165) is 23.5 Å². The van der Waals surface area contributed by atoms with Crippen molar-refractivity contribution in [3.8, 4) is 11.3 Å². The molecule has 1 aliphatic rings. The number of nitrogens with two attached hydrogens (primary N) is 1. The van der Waals surface area contributed by atoms with Crippen molar-refractivity contribution in [1.29, 1.82) is 0 Å². The first-order chi connectivity index (χ1) is 8.15. The van der Waals surface area contributed by atoms with Crippen molar-refractivity contribution in [3.63, 3.8) is 0 Å². The van der Waals surface area contributed by atoms with Crippen LogP contribution in [0.4, 0.5) is 0 Å². The van der Waals surface area contributed by atoms with Crippen molar-refractivity contribution in [2.24, 2.45) is 5.73 Å². The van der Waals surface area contributed by atoms with E-state index in [1.165, 1.54) is 0 Å². The SMILES string of the molecule is N[C@@H]1C[C@H]1c1ccc(-c2ccc(Cl)cc2Cl)o1. The van der Waals surface area contributed by atoms with E-state index in [-0.39, 0.29) is 6.04 Å². The lowest BCUT2D eigenvalue weighted by atomic mass is 10.2. The summed E-state index contributed by atoms with van der Waals surface area (Å²) in [7, 11) is 0. The molecule has 0 bridgehead atoms. The van der Waals surface area contributed by atoms with Crippen molar-refractivity contribution in [2.45, 2.75) is 18.4 Å². The van der Waals surface area contributed by atoms with E-state index >= 15 is 0 Å². The molecule has 1 saturated carbocycles. The molecule has 1 fully saturated rings. The number of hydrogen-bond donors (Lipinski definition) is 1. The maximum atomic E-state index is 6.13. The van der Waals surface area contributed by atoms with Crippen LogP contribution in [0.1, 0.15) is 18.1 Å². The third kappa shape index (κ3) is 2.08. The minimum atomic E-state index is 0.245. The lowest BCUT2D eigenvalue weighted by molar-refractivity contribution is 0.522. The molecule has 0 saturated heterocycles. The summed E-state index contributed by atoms with van der Waals surface area (Å²) >= 11 is 12.0. The summed E-state index contributed by atoms with van der Waals surface area (Å²) in [4.78, 5) is 0. The van der Waals surface area contributed by atoms with Gasteiger partial charge in [0.05, 0.1) is 5.02 Å². The van der Waals surface area contributed by atoms with Gasteiger partial charge in [0, 0.05) is 22.5 Å². The maximum Gasteiger partial charge on any atom is 0.135 e. The van der Waals surface area contributed by atoms with E-state index in [2.05, 4.69) is 0 Å². The van der Waals surface area contributed by atoms with Crippen molar-refractivity contribution in [1.82, 2.24) is 0 Å². The Hall–Kier alpha value is -0.960.